The van der Waals surface area contributed by atoms with Gasteiger partial charge in [0.25, 0.3) is 0 Å². The van der Waals surface area contributed by atoms with Gasteiger partial charge in [-0.25, -0.2) is 4.79 Å². The van der Waals surface area contributed by atoms with Crippen LogP contribution in [-0.2, 0) is 9.59 Å². The number of aliphatic carboxylic acids is 1. The fourth-order valence-corrected chi connectivity index (χ4v) is 1.45. The Morgan fingerprint density at radius 3 is 2.47 bits per heavy atom. The van der Waals surface area contributed by atoms with Crippen LogP contribution in [0.25, 0.3) is 6.08 Å². The average Bonchev–Trinajstić information content (AvgIpc) is 2.38. The van der Waals surface area contributed by atoms with Crippen LogP contribution in [0.5, 0.6) is 0 Å². The zero-order chi connectivity index (χ0) is 14.3. The molecule has 2 N–H and O–H groups in total. The molecule has 1 amide bonds. The van der Waals surface area contributed by atoms with Crippen LogP contribution in [0.3, 0.4) is 0 Å². The number of carbonyl (C=O) groups excluding carboxylic acids is 1. The molecule has 4 heteroatoms. The molecule has 0 saturated carbocycles. The first kappa shape index (κ1) is 14.7. The van der Waals surface area contributed by atoms with E-state index in [9.17, 15) is 9.59 Å². The molecule has 0 atom stereocenters. The summed E-state index contributed by atoms with van der Waals surface area (Å²) >= 11 is 0. The third-order valence-electron chi connectivity index (χ3n) is 2.48. The molecule has 0 saturated heterocycles. The topological polar surface area (TPSA) is 66.4 Å². The molecule has 0 aliphatic carbocycles. The Labute approximate surface area is 112 Å². The van der Waals surface area contributed by atoms with Gasteiger partial charge in [0.15, 0.2) is 0 Å². The number of hydrogen-bond donors (Lipinski definition) is 2. The summed E-state index contributed by atoms with van der Waals surface area (Å²) in [6, 6.07) is 9.21. The van der Waals surface area contributed by atoms with Crippen molar-refractivity contribution in [3.63, 3.8) is 0 Å². The van der Waals surface area contributed by atoms with Crippen molar-refractivity contribution in [2.24, 2.45) is 0 Å². The van der Waals surface area contributed by atoms with Crippen molar-refractivity contribution < 1.29 is 14.7 Å². The number of hydrogen-bond acceptors (Lipinski definition) is 2. The van der Waals surface area contributed by atoms with Crippen LogP contribution < -0.4 is 5.32 Å². The normalized spacial score (nSPS) is 10.9. The SMILES string of the molecule is C=C(C)C(=O)NCC/C(=C\c1ccccc1)C(=O)O. The van der Waals surface area contributed by atoms with Crippen molar-refractivity contribution in [3.05, 3.63) is 53.6 Å². The van der Waals surface area contributed by atoms with Gasteiger partial charge in [-0.05, 0) is 25.0 Å². The Morgan fingerprint density at radius 1 is 1.32 bits per heavy atom. The van der Waals surface area contributed by atoms with Gasteiger partial charge in [-0.15, -0.1) is 0 Å². The lowest BCUT2D eigenvalue weighted by molar-refractivity contribution is -0.132. The Balaban J connectivity index is 2.65. The summed E-state index contributed by atoms with van der Waals surface area (Å²) in [7, 11) is 0. The number of carboxylic acids is 1. The van der Waals surface area contributed by atoms with Gasteiger partial charge in [0, 0.05) is 17.7 Å². The number of rotatable bonds is 6. The first-order chi connectivity index (χ1) is 9.00. The van der Waals surface area contributed by atoms with E-state index in [2.05, 4.69) is 11.9 Å². The van der Waals surface area contributed by atoms with Gasteiger partial charge in [0.2, 0.25) is 5.91 Å². The summed E-state index contributed by atoms with van der Waals surface area (Å²) < 4.78 is 0. The maximum absolute atomic E-state index is 11.3. The molecule has 4 nitrogen and oxygen atoms in total. The lowest BCUT2D eigenvalue weighted by atomic mass is 10.1. The summed E-state index contributed by atoms with van der Waals surface area (Å²) in [6.45, 7) is 5.39. The molecule has 0 bridgehead atoms. The minimum Gasteiger partial charge on any atom is -0.478 e. The van der Waals surface area contributed by atoms with E-state index in [-0.39, 0.29) is 24.4 Å². The van der Waals surface area contributed by atoms with Crippen LogP contribution in [0.15, 0.2) is 48.1 Å². The van der Waals surface area contributed by atoms with Crippen LogP contribution in [0, 0.1) is 0 Å². The van der Waals surface area contributed by atoms with E-state index in [1.807, 2.05) is 30.3 Å². The lowest BCUT2D eigenvalue weighted by Crippen LogP contribution is -2.25. The number of carboxylic acid groups (broad SMARTS) is 1. The molecular formula is C15H17NO3. The van der Waals surface area contributed by atoms with Gasteiger partial charge < -0.3 is 10.4 Å². The molecule has 1 aromatic rings. The average molecular weight is 259 g/mol. The van der Waals surface area contributed by atoms with Gasteiger partial charge in [-0.1, -0.05) is 36.9 Å². The molecule has 0 aliphatic rings. The van der Waals surface area contributed by atoms with Crippen molar-refractivity contribution in [1.29, 1.82) is 0 Å². The molecule has 0 heterocycles. The quantitative estimate of drug-likeness (QED) is 0.770. The van der Waals surface area contributed by atoms with E-state index < -0.39 is 5.97 Å². The summed E-state index contributed by atoms with van der Waals surface area (Å²) in [6.07, 6.45) is 1.87. The van der Waals surface area contributed by atoms with Gasteiger partial charge in [-0.2, -0.15) is 0 Å². The highest BCUT2D eigenvalue weighted by Gasteiger charge is 2.08. The van der Waals surface area contributed by atoms with Crippen LogP contribution >= 0.6 is 0 Å². The van der Waals surface area contributed by atoms with E-state index in [1.54, 1.807) is 13.0 Å². The fourth-order valence-electron chi connectivity index (χ4n) is 1.45. The predicted molar refractivity (Wildman–Crippen MR) is 74.5 cm³/mol. The van der Waals surface area contributed by atoms with Gasteiger partial charge in [0.05, 0.1) is 0 Å². The highest BCUT2D eigenvalue weighted by molar-refractivity contribution is 5.93. The highest BCUT2D eigenvalue weighted by atomic mass is 16.4. The highest BCUT2D eigenvalue weighted by Crippen LogP contribution is 2.09. The molecule has 19 heavy (non-hydrogen) atoms. The van der Waals surface area contributed by atoms with E-state index in [0.29, 0.717) is 5.57 Å². The molecule has 0 radical (unpaired) electrons. The van der Waals surface area contributed by atoms with E-state index in [1.165, 1.54) is 0 Å². The zero-order valence-corrected chi connectivity index (χ0v) is 10.8. The minimum absolute atomic E-state index is 0.258. The summed E-state index contributed by atoms with van der Waals surface area (Å²) in [5, 5.41) is 11.7. The second-order valence-corrected chi connectivity index (χ2v) is 4.17. The summed E-state index contributed by atoms with van der Waals surface area (Å²) in [5.41, 5.74) is 1.49. The van der Waals surface area contributed by atoms with Crippen LogP contribution in [-0.4, -0.2) is 23.5 Å². The molecule has 1 aromatic carbocycles. The van der Waals surface area contributed by atoms with Crippen LogP contribution in [0.2, 0.25) is 0 Å². The molecule has 0 aromatic heterocycles. The Bertz CT molecular complexity index is 503. The zero-order valence-electron chi connectivity index (χ0n) is 10.8. The summed E-state index contributed by atoms with van der Waals surface area (Å²) in [5.74, 6) is -1.24. The van der Waals surface area contributed by atoms with E-state index in [4.69, 9.17) is 5.11 Å². The van der Waals surface area contributed by atoms with Gasteiger partial charge in [0.1, 0.15) is 0 Å². The van der Waals surface area contributed by atoms with Crippen molar-refractivity contribution in [1.82, 2.24) is 5.32 Å². The fraction of sp³-hybridized carbons (Fsp3) is 0.200. The molecule has 0 aliphatic heterocycles. The maximum Gasteiger partial charge on any atom is 0.331 e. The standard InChI is InChI=1S/C15H17NO3/c1-11(2)14(17)16-9-8-13(15(18)19)10-12-6-4-3-5-7-12/h3-7,10H,1,8-9H2,2H3,(H,16,17)(H,18,19)/b13-10+. The second-order valence-electron chi connectivity index (χ2n) is 4.17. The van der Waals surface area contributed by atoms with Crippen molar-refractivity contribution in [2.75, 3.05) is 6.54 Å². The molecule has 0 fully saturated rings. The molecule has 1 rings (SSSR count). The molecule has 100 valence electrons. The van der Waals surface area contributed by atoms with Crippen molar-refractivity contribution in [2.45, 2.75) is 13.3 Å². The lowest BCUT2D eigenvalue weighted by Gasteiger charge is -2.05. The smallest absolute Gasteiger partial charge is 0.331 e. The number of benzene rings is 1. The van der Waals surface area contributed by atoms with Crippen molar-refractivity contribution in [3.8, 4) is 0 Å². The number of nitrogens with one attached hydrogen (secondary N) is 1. The number of carbonyl (C=O) groups is 2. The van der Waals surface area contributed by atoms with Gasteiger partial charge in [-0.3, -0.25) is 4.79 Å². The van der Waals surface area contributed by atoms with Crippen molar-refractivity contribution >= 4 is 18.0 Å². The Morgan fingerprint density at radius 2 is 1.95 bits per heavy atom. The maximum atomic E-state index is 11.3. The van der Waals surface area contributed by atoms with Crippen LogP contribution in [0.4, 0.5) is 0 Å². The van der Waals surface area contributed by atoms with E-state index >= 15 is 0 Å². The molecule has 0 spiro atoms. The van der Waals surface area contributed by atoms with Gasteiger partial charge >= 0.3 is 5.97 Å². The largest absolute Gasteiger partial charge is 0.478 e. The summed E-state index contributed by atoms with van der Waals surface area (Å²) in [4.78, 5) is 22.4. The Hall–Kier alpha value is -2.36. The first-order valence-corrected chi connectivity index (χ1v) is 5.93. The molecule has 0 unspecified atom stereocenters. The third-order valence-corrected chi connectivity index (χ3v) is 2.48. The monoisotopic (exact) mass is 259 g/mol. The predicted octanol–water partition coefficient (Wildman–Crippen LogP) is 2.24. The number of amides is 1. The second kappa shape index (κ2) is 7.16. The Kier molecular flexibility index (Phi) is 5.54. The minimum atomic E-state index is -0.978. The third kappa shape index (κ3) is 5.21. The first-order valence-electron chi connectivity index (χ1n) is 5.93. The van der Waals surface area contributed by atoms with Crippen LogP contribution in [0.1, 0.15) is 18.9 Å². The molecular weight excluding hydrogens is 242 g/mol. The van der Waals surface area contributed by atoms with E-state index in [0.717, 1.165) is 5.56 Å².